The van der Waals surface area contributed by atoms with Gasteiger partial charge in [0.15, 0.2) is 0 Å². The van der Waals surface area contributed by atoms with E-state index in [1.165, 1.54) is 23.3 Å². The lowest BCUT2D eigenvalue weighted by molar-refractivity contribution is -0.125. The molecular weight excluding hydrogens is 347 g/mol. The Labute approximate surface area is 140 Å². The molecule has 1 aliphatic heterocycles. The summed E-state index contributed by atoms with van der Waals surface area (Å²) in [4.78, 5) is 16.4. The third-order valence-electron chi connectivity index (χ3n) is 2.88. The van der Waals surface area contributed by atoms with Crippen LogP contribution in [-0.2, 0) is 11.3 Å². The lowest BCUT2D eigenvalue weighted by Gasteiger charge is -2.22. The highest BCUT2D eigenvalue weighted by Gasteiger charge is 2.22. The molecule has 0 unspecified atom stereocenters. The smallest absolute Gasteiger partial charge is 0.236 e. The van der Waals surface area contributed by atoms with Crippen molar-refractivity contribution in [2.45, 2.75) is 13.0 Å². The summed E-state index contributed by atoms with van der Waals surface area (Å²) in [5.74, 6) is 0.00901. The van der Waals surface area contributed by atoms with Crippen molar-refractivity contribution in [1.82, 2.24) is 9.29 Å². The van der Waals surface area contributed by atoms with Crippen LogP contribution in [0.2, 0.25) is 4.34 Å². The van der Waals surface area contributed by atoms with Gasteiger partial charge < -0.3 is 0 Å². The fraction of sp³-hybridized carbons (Fsp3) is 0.143. The number of halogens is 2. The molecule has 0 bridgehead atoms. The van der Waals surface area contributed by atoms with Gasteiger partial charge in [0.25, 0.3) is 0 Å². The molecule has 0 saturated heterocycles. The zero-order valence-corrected chi connectivity index (χ0v) is 13.9. The second kappa shape index (κ2) is 6.40. The summed E-state index contributed by atoms with van der Waals surface area (Å²) in [7, 11) is 0. The maximum Gasteiger partial charge on any atom is 0.236 e. The van der Waals surface area contributed by atoms with Gasteiger partial charge in [-0.1, -0.05) is 53.5 Å². The van der Waals surface area contributed by atoms with Crippen LogP contribution in [0.5, 0.6) is 0 Å². The van der Waals surface area contributed by atoms with Crippen molar-refractivity contribution in [2.24, 2.45) is 0 Å². The van der Waals surface area contributed by atoms with E-state index in [0.29, 0.717) is 27.4 Å². The van der Waals surface area contributed by atoms with E-state index in [0.717, 1.165) is 10.6 Å². The van der Waals surface area contributed by atoms with Crippen LogP contribution in [0.15, 0.2) is 40.8 Å². The van der Waals surface area contributed by atoms with E-state index in [2.05, 4.69) is 4.98 Å². The van der Waals surface area contributed by atoms with Gasteiger partial charge in [-0.25, -0.2) is 4.98 Å². The lowest BCUT2D eigenvalue weighted by Crippen LogP contribution is -2.25. The first kappa shape index (κ1) is 14.9. The van der Waals surface area contributed by atoms with Gasteiger partial charge in [-0.05, 0) is 6.08 Å². The predicted molar refractivity (Wildman–Crippen MR) is 89.3 cm³/mol. The molecule has 0 atom stereocenters. The molecule has 0 radical (unpaired) electrons. The SMILES string of the molecule is O=C1CC=C(Cl)SN1Cc1nc(-c2ccccc2)sc1Cl. The monoisotopic (exact) mass is 356 g/mol. The van der Waals surface area contributed by atoms with Gasteiger partial charge in [0.2, 0.25) is 5.91 Å². The summed E-state index contributed by atoms with van der Waals surface area (Å²) in [5.41, 5.74) is 1.72. The normalized spacial score (nSPS) is 15.2. The number of carbonyl (C=O) groups is 1. The summed E-state index contributed by atoms with van der Waals surface area (Å²) in [6.07, 6.45) is 2.03. The van der Waals surface area contributed by atoms with Crippen LogP contribution in [0.3, 0.4) is 0 Å². The molecule has 2 heterocycles. The van der Waals surface area contributed by atoms with Crippen LogP contribution < -0.4 is 0 Å². The maximum atomic E-state index is 11.9. The molecule has 0 saturated carbocycles. The quantitative estimate of drug-likeness (QED) is 0.731. The molecular formula is C14H10Cl2N2OS2. The Hall–Kier alpha value is -1.01. The fourth-order valence-electron chi connectivity index (χ4n) is 1.85. The zero-order valence-electron chi connectivity index (χ0n) is 10.8. The van der Waals surface area contributed by atoms with Gasteiger partial charge in [0.05, 0.1) is 16.6 Å². The van der Waals surface area contributed by atoms with E-state index >= 15 is 0 Å². The first-order chi connectivity index (χ1) is 10.1. The number of benzene rings is 1. The standard InChI is InChI=1S/C14H10Cl2N2OS2/c15-11-6-7-12(19)18(21-11)8-10-13(16)20-14(17-10)9-4-2-1-3-5-9/h1-6H,7-8H2. The highest BCUT2D eigenvalue weighted by molar-refractivity contribution is 8.02. The van der Waals surface area contributed by atoms with E-state index in [-0.39, 0.29) is 5.91 Å². The third kappa shape index (κ3) is 3.43. The lowest BCUT2D eigenvalue weighted by atomic mass is 10.2. The van der Waals surface area contributed by atoms with Crippen molar-refractivity contribution < 1.29 is 4.79 Å². The van der Waals surface area contributed by atoms with Crippen molar-refractivity contribution in [3.63, 3.8) is 0 Å². The molecule has 21 heavy (non-hydrogen) atoms. The van der Waals surface area contributed by atoms with Crippen LogP contribution in [-0.4, -0.2) is 15.2 Å². The maximum absolute atomic E-state index is 11.9. The molecule has 1 aromatic heterocycles. The third-order valence-corrected chi connectivity index (χ3v) is 5.52. The molecule has 3 rings (SSSR count). The molecule has 1 aliphatic rings. The van der Waals surface area contributed by atoms with E-state index in [4.69, 9.17) is 23.2 Å². The van der Waals surface area contributed by atoms with Crippen LogP contribution >= 0.6 is 46.5 Å². The molecule has 1 aromatic carbocycles. The first-order valence-corrected chi connectivity index (χ1v) is 8.52. The van der Waals surface area contributed by atoms with Gasteiger partial charge in [-0.15, -0.1) is 11.3 Å². The predicted octanol–water partition coefficient (Wildman–Crippen LogP) is 4.92. The Morgan fingerprint density at radius 1 is 1.24 bits per heavy atom. The number of amides is 1. The van der Waals surface area contributed by atoms with E-state index in [9.17, 15) is 4.79 Å². The van der Waals surface area contributed by atoms with E-state index < -0.39 is 0 Å². The Bertz CT molecular complexity index is 700. The fourth-order valence-corrected chi connectivity index (χ4v) is 4.04. The van der Waals surface area contributed by atoms with Crippen LogP contribution in [0.25, 0.3) is 10.6 Å². The minimum absolute atomic E-state index is 0.00901. The number of hydrogen-bond acceptors (Lipinski definition) is 4. The minimum Gasteiger partial charge on any atom is -0.275 e. The van der Waals surface area contributed by atoms with Crippen LogP contribution in [0.1, 0.15) is 12.1 Å². The summed E-state index contributed by atoms with van der Waals surface area (Å²) in [5, 5.41) is 0.853. The van der Waals surface area contributed by atoms with Crippen LogP contribution in [0, 0.1) is 0 Å². The highest BCUT2D eigenvalue weighted by atomic mass is 35.5. The molecule has 0 N–H and O–H groups in total. The summed E-state index contributed by atoms with van der Waals surface area (Å²) in [6.45, 7) is 0.357. The van der Waals surface area contributed by atoms with Crippen LogP contribution in [0.4, 0.5) is 0 Å². The van der Waals surface area contributed by atoms with Crippen molar-refractivity contribution >= 4 is 52.4 Å². The summed E-state index contributed by atoms with van der Waals surface area (Å²) < 4.78 is 2.80. The Kier molecular flexibility index (Phi) is 4.54. The average molecular weight is 357 g/mol. The molecule has 0 fully saturated rings. The highest BCUT2D eigenvalue weighted by Crippen LogP contribution is 2.36. The van der Waals surface area contributed by atoms with Gasteiger partial charge in [-0.2, -0.15) is 0 Å². The van der Waals surface area contributed by atoms with Gasteiger partial charge >= 0.3 is 0 Å². The second-order valence-electron chi connectivity index (χ2n) is 4.34. The topological polar surface area (TPSA) is 33.2 Å². The van der Waals surface area contributed by atoms with Crippen molar-refractivity contribution in [3.8, 4) is 10.6 Å². The molecule has 0 spiro atoms. The van der Waals surface area contributed by atoms with Crippen molar-refractivity contribution in [3.05, 3.63) is 50.8 Å². The minimum atomic E-state index is 0.00901. The largest absolute Gasteiger partial charge is 0.275 e. The van der Waals surface area contributed by atoms with Crippen molar-refractivity contribution in [1.29, 1.82) is 0 Å². The van der Waals surface area contributed by atoms with Gasteiger partial charge in [0.1, 0.15) is 9.34 Å². The molecule has 1 amide bonds. The number of rotatable bonds is 3. The number of carbonyl (C=O) groups excluding carboxylic acids is 1. The number of thiazole rings is 1. The van der Waals surface area contributed by atoms with E-state index in [1.807, 2.05) is 30.3 Å². The molecule has 7 heteroatoms. The van der Waals surface area contributed by atoms with Crippen molar-refractivity contribution in [2.75, 3.05) is 0 Å². The number of aromatic nitrogens is 1. The van der Waals surface area contributed by atoms with E-state index in [1.54, 1.807) is 10.4 Å². The average Bonchev–Trinajstić information content (AvgIpc) is 2.85. The Morgan fingerprint density at radius 2 is 2.00 bits per heavy atom. The zero-order chi connectivity index (χ0) is 14.8. The molecule has 0 aliphatic carbocycles. The Morgan fingerprint density at radius 3 is 2.76 bits per heavy atom. The molecule has 108 valence electrons. The van der Waals surface area contributed by atoms with Gasteiger partial charge in [0, 0.05) is 23.9 Å². The van der Waals surface area contributed by atoms with Gasteiger partial charge in [-0.3, -0.25) is 9.10 Å². The molecule has 2 aromatic rings. The number of hydrogen-bond donors (Lipinski definition) is 0. The number of nitrogens with zero attached hydrogens (tertiary/aromatic N) is 2. The Balaban J connectivity index is 1.82. The summed E-state index contributed by atoms with van der Waals surface area (Å²) >= 11 is 14.9. The second-order valence-corrected chi connectivity index (χ2v) is 7.64. The summed E-state index contributed by atoms with van der Waals surface area (Å²) in [6, 6.07) is 9.84. The molecule has 3 nitrogen and oxygen atoms in total. The first-order valence-electron chi connectivity index (χ1n) is 6.18.